The summed E-state index contributed by atoms with van der Waals surface area (Å²) in [6, 6.07) is 19.4. The largest absolute Gasteiger partial charge is 0.497 e. The molecule has 5 rings (SSSR count). The van der Waals surface area contributed by atoms with Gasteiger partial charge in [0.1, 0.15) is 23.2 Å². The van der Waals surface area contributed by atoms with E-state index in [0.29, 0.717) is 18.5 Å². The maximum atomic E-state index is 12.4. The number of nitrogens with zero attached hydrogens (tertiary/aromatic N) is 4. The van der Waals surface area contributed by atoms with E-state index in [2.05, 4.69) is 43.2 Å². The molecule has 1 aliphatic heterocycles. The molecule has 0 fully saturated rings. The quantitative estimate of drug-likeness (QED) is 0.423. The summed E-state index contributed by atoms with van der Waals surface area (Å²) in [6.07, 6.45) is 3.19. The van der Waals surface area contributed by atoms with Crippen LogP contribution in [0.3, 0.4) is 0 Å². The van der Waals surface area contributed by atoms with E-state index in [9.17, 15) is 4.79 Å². The van der Waals surface area contributed by atoms with E-state index >= 15 is 0 Å². The minimum absolute atomic E-state index is 0.107. The van der Waals surface area contributed by atoms with E-state index in [1.165, 1.54) is 5.56 Å². The van der Waals surface area contributed by atoms with Crippen LogP contribution >= 0.6 is 0 Å². The third-order valence-electron chi connectivity index (χ3n) is 6.38. The first kappa shape index (κ1) is 22.9. The second kappa shape index (κ2) is 10.6. The molecule has 0 aliphatic carbocycles. The van der Waals surface area contributed by atoms with Crippen molar-refractivity contribution in [3.8, 4) is 17.1 Å². The highest BCUT2D eigenvalue weighted by atomic mass is 16.5. The number of hydrogen-bond acceptors (Lipinski definition) is 6. The van der Waals surface area contributed by atoms with E-state index < -0.39 is 0 Å². The molecule has 4 aromatic rings. The molecular weight excluding hydrogens is 442 g/mol. The molecule has 180 valence electrons. The van der Waals surface area contributed by atoms with Crippen molar-refractivity contribution in [2.24, 2.45) is 0 Å². The molecular formula is C27H29N5O3. The second-order valence-electron chi connectivity index (χ2n) is 8.58. The first-order chi connectivity index (χ1) is 17.2. The Morgan fingerprint density at radius 2 is 1.89 bits per heavy atom. The van der Waals surface area contributed by atoms with Crippen LogP contribution in [0.25, 0.3) is 11.3 Å². The minimum atomic E-state index is -0.107. The molecule has 0 saturated carbocycles. The highest BCUT2D eigenvalue weighted by Gasteiger charge is 2.20. The number of amides is 1. The van der Waals surface area contributed by atoms with Gasteiger partial charge in [0.05, 0.1) is 13.4 Å². The van der Waals surface area contributed by atoms with Crippen molar-refractivity contribution >= 4 is 5.91 Å². The van der Waals surface area contributed by atoms with Gasteiger partial charge in [-0.25, -0.2) is 0 Å². The number of furan rings is 1. The number of nitrogens with one attached hydrogen (secondary N) is 1. The van der Waals surface area contributed by atoms with Crippen LogP contribution in [0.1, 0.15) is 27.6 Å². The number of hydrogen-bond donors (Lipinski definition) is 1. The molecule has 1 amide bonds. The number of benzene rings is 2. The fourth-order valence-electron chi connectivity index (χ4n) is 4.47. The number of rotatable bonds is 8. The van der Waals surface area contributed by atoms with Gasteiger partial charge in [-0.05, 0) is 42.0 Å². The Bertz CT molecular complexity index is 1260. The molecule has 1 N–H and O–H groups in total. The summed E-state index contributed by atoms with van der Waals surface area (Å²) >= 11 is 0. The molecule has 2 aromatic carbocycles. The van der Waals surface area contributed by atoms with Crippen molar-refractivity contribution in [2.75, 3.05) is 26.7 Å². The van der Waals surface area contributed by atoms with Crippen LogP contribution < -0.4 is 10.1 Å². The number of aromatic nitrogens is 3. The molecule has 8 nitrogen and oxygen atoms in total. The number of carbonyl (C=O) groups is 1. The van der Waals surface area contributed by atoms with Gasteiger partial charge in [0.2, 0.25) is 0 Å². The summed E-state index contributed by atoms with van der Waals surface area (Å²) in [5.74, 6) is 3.43. The molecule has 0 atom stereocenters. The standard InChI is InChI=1S/C27H29N5O3/c1-34-22-10-8-20(9-11-22)27(33)28-14-12-25-29-30-26-13-15-31(16-17-32(25)26)19-21-5-2-3-6-23(21)24-7-4-18-35-24/h2-11,18H,12-17,19H2,1H3,(H,28,33). The van der Waals surface area contributed by atoms with Crippen LogP contribution in [0.2, 0.25) is 0 Å². The Morgan fingerprint density at radius 3 is 2.69 bits per heavy atom. The van der Waals surface area contributed by atoms with E-state index in [1.807, 2.05) is 18.2 Å². The summed E-state index contributed by atoms with van der Waals surface area (Å²) in [5, 5.41) is 11.8. The summed E-state index contributed by atoms with van der Waals surface area (Å²) < 4.78 is 13.0. The van der Waals surface area contributed by atoms with Crippen LogP contribution in [0.5, 0.6) is 5.75 Å². The van der Waals surface area contributed by atoms with Gasteiger partial charge in [-0.1, -0.05) is 24.3 Å². The molecule has 0 unspecified atom stereocenters. The number of fused-ring (bicyclic) bond motifs is 1. The lowest BCUT2D eigenvalue weighted by molar-refractivity contribution is 0.0954. The average Bonchev–Trinajstić information content (AvgIpc) is 3.52. The zero-order chi connectivity index (χ0) is 24.0. The third-order valence-corrected chi connectivity index (χ3v) is 6.38. The monoisotopic (exact) mass is 471 g/mol. The summed E-state index contributed by atoms with van der Waals surface area (Å²) in [6.45, 7) is 4.00. The fourth-order valence-corrected chi connectivity index (χ4v) is 4.47. The normalized spacial score (nSPS) is 13.7. The smallest absolute Gasteiger partial charge is 0.251 e. The number of methoxy groups -OCH3 is 1. The van der Waals surface area contributed by atoms with Gasteiger partial charge in [0.25, 0.3) is 5.91 Å². The summed E-state index contributed by atoms with van der Waals surface area (Å²) in [7, 11) is 1.61. The van der Waals surface area contributed by atoms with Crippen LogP contribution in [0, 0.1) is 0 Å². The highest BCUT2D eigenvalue weighted by molar-refractivity contribution is 5.94. The Hall–Kier alpha value is -3.91. The Kier molecular flexibility index (Phi) is 6.90. The highest BCUT2D eigenvalue weighted by Crippen LogP contribution is 2.25. The molecule has 3 heterocycles. The van der Waals surface area contributed by atoms with Crippen molar-refractivity contribution < 1.29 is 13.9 Å². The molecule has 0 saturated heterocycles. The van der Waals surface area contributed by atoms with Gasteiger partial charge in [-0.2, -0.15) is 0 Å². The first-order valence-corrected chi connectivity index (χ1v) is 11.9. The van der Waals surface area contributed by atoms with E-state index in [0.717, 1.165) is 61.3 Å². The van der Waals surface area contributed by atoms with Gasteiger partial charge < -0.3 is 19.0 Å². The topological polar surface area (TPSA) is 85.4 Å². The maximum absolute atomic E-state index is 12.4. The zero-order valence-electron chi connectivity index (χ0n) is 19.8. The van der Waals surface area contributed by atoms with E-state index in [-0.39, 0.29) is 5.91 Å². The molecule has 35 heavy (non-hydrogen) atoms. The maximum Gasteiger partial charge on any atom is 0.251 e. The van der Waals surface area contributed by atoms with Crippen LogP contribution in [-0.4, -0.2) is 52.3 Å². The van der Waals surface area contributed by atoms with Gasteiger partial charge in [-0.15, -0.1) is 10.2 Å². The van der Waals surface area contributed by atoms with Crippen molar-refractivity contribution in [2.45, 2.75) is 25.9 Å². The lowest BCUT2D eigenvalue weighted by atomic mass is 10.0. The Balaban J connectivity index is 1.17. The van der Waals surface area contributed by atoms with Crippen molar-refractivity contribution in [3.63, 3.8) is 0 Å². The van der Waals surface area contributed by atoms with Crippen LogP contribution in [0.15, 0.2) is 71.3 Å². The van der Waals surface area contributed by atoms with E-state index in [4.69, 9.17) is 9.15 Å². The Morgan fingerprint density at radius 1 is 1.03 bits per heavy atom. The molecule has 0 bridgehead atoms. The minimum Gasteiger partial charge on any atom is -0.497 e. The van der Waals surface area contributed by atoms with Gasteiger partial charge >= 0.3 is 0 Å². The summed E-state index contributed by atoms with van der Waals surface area (Å²) in [4.78, 5) is 14.9. The van der Waals surface area contributed by atoms with Crippen LogP contribution in [0.4, 0.5) is 0 Å². The average molecular weight is 472 g/mol. The lowest BCUT2D eigenvalue weighted by Crippen LogP contribution is -2.28. The molecule has 1 aliphatic rings. The van der Waals surface area contributed by atoms with Gasteiger partial charge in [-0.3, -0.25) is 9.69 Å². The van der Waals surface area contributed by atoms with Gasteiger partial charge in [0.15, 0.2) is 0 Å². The summed E-state index contributed by atoms with van der Waals surface area (Å²) in [5.41, 5.74) is 2.99. The number of ether oxygens (including phenoxy) is 1. The van der Waals surface area contributed by atoms with Crippen molar-refractivity contribution in [1.29, 1.82) is 0 Å². The predicted octanol–water partition coefficient (Wildman–Crippen LogP) is 3.58. The molecule has 8 heteroatoms. The second-order valence-corrected chi connectivity index (χ2v) is 8.58. The molecule has 0 spiro atoms. The van der Waals surface area contributed by atoms with Gasteiger partial charge in [0, 0.05) is 56.7 Å². The fraction of sp³-hybridized carbons (Fsp3) is 0.296. The Labute approximate surface area is 204 Å². The lowest BCUT2D eigenvalue weighted by Gasteiger charge is -2.21. The van der Waals surface area contributed by atoms with E-state index in [1.54, 1.807) is 37.6 Å². The third kappa shape index (κ3) is 5.27. The van der Waals surface area contributed by atoms with Crippen molar-refractivity contribution in [1.82, 2.24) is 25.0 Å². The molecule has 0 radical (unpaired) electrons. The van der Waals surface area contributed by atoms with Crippen LogP contribution in [-0.2, 0) is 25.9 Å². The predicted molar refractivity (Wildman–Crippen MR) is 132 cm³/mol. The SMILES string of the molecule is COc1ccc(C(=O)NCCc2nnc3n2CCN(Cc2ccccc2-c2ccco2)CC3)cc1. The number of carbonyl (C=O) groups excluding carboxylic acids is 1. The zero-order valence-corrected chi connectivity index (χ0v) is 19.8. The van der Waals surface area contributed by atoms with Crippen molar-refractivity contribution in [3.05, 3.63) is 89.7 Å². The molecule has 2 aromatic heterocycles. The first-order valence-electron chi connectivity index (χ1n) is 11.9.